The van der Waals surface area contributed by atoms with Crippen LogP contribution in [0.2, 0.25) is 0 Å². The Morgan fingerprint density at radius 1 is 1.14 bits per heavy atom. The number of hydrogen-bond donors (Lipinski definition) is 1. The van der Waals surface area contributed by atoms with Gasteiger partial charge in [-0.2, -0.15) is 0 Å². The topological polar surface area (TPSA) is 104 Å². The van der Waals surface area contributed by atoms with E-state index in [1.54, 1.807) is 20.1 Å². The van der Waals surface area contributed by atoms with Crippen LogP contribution in [0.1, 0.15) is 59.6 Å². The molecule has 1 atom stereocenters. The molecule has 0 spiro atoms. The van der Waals surface area contributed by atoms with E-state index < -0.39 is 0 Å². The minimum atomic E-state index is -0.340. The first-order chi connectivity index (χ1) is 16.5. The fourth-order valence-electron chi connectivity index (χ4n) is 3.14. The smallest absolute Gasteiger partial charge is 0.276 e. The van der Waals surface area contributed by atoms with Crippen LogP contribution in [0.5, 0.6) is 11.6 Å². The highest BCUT2D eigenvalue weighted by Gasteiger charge is 2.22. The number of carbonyl (C=O) groups is 1. The van der Waals surface area contributed by atoms with E-state index in [0.717, 1.165) is 5.56 Å². The van der Waals surface area contributed by atoms with Crippen LogP contribution >= 0.6 is 0 Å². The second kappa shape index (κ2) is 12.9. The number of nitrogens with zero attached hydrogens (tertiary/aromatic N) is 3. The molecule has 1 aromatic carbocycles. The lowest BCUT2D eigenvalue weighted by Crippen LogP contribution is -2.45. The fourth-order valence-corrected chi connectivity index (χ4v) is 3.14. The number of methoxy groups -OCH3 is 1. The van der Waals surface area contributed by atoms with Crippen molar-refractivity contribution in [2.75, 3.05) is 7.11 Å². The van der Waals surface area contributed by atoms with Gasteiger partial charge in [0.25, 0.3) is 5.56 Å². The number of benzene rings is 1. The summed E-state index contributed by atoms with van der Waals surface area (Å²) in [5, 5.41) is 11.6. The van der Waals surface area contributed by atoms with Gasteiger partial charge >= 0.3 is 0 Å². The Hall–Kier alpha value is -3.36. The molecule has 1 aromatic heterocycles. The monoisotopic (exact) mass is 486 g/mol. The van der Waals surface area contributed by atoms with E-state index in [4.69, 9.17) is 14.3 Å². The number of amides is 1. The third-order valence-corrected chi connectivity index (χ3v) is 5.34. The molecule has 2 aromatic rings. The Labute approximate surface area is 207 Å². The SMILES string of the molecule is COc1ccccc1COc1cc(/C(C)=N/OC(C)C)c(=O)n(CC(NC(=O)C(C)C)C(C)C)n1. The van der Waals surface area contributed by atoms with Crippen LogP contribution in [0.25, 0.3) is 0 Å². The fraction of sp³-hybridized carbons (Fsp3) is 0.538. The van der Waals surface area contributed by atoms with Gasteiger partial charge in [0, 0.05) is 17.5 Å². The molecule has 1 unspecified atom stereocenters. The Balaban J connectivity index is 2.45. The summed E-state index contributed by atoms with van der Waals surface area (Å²) >= 11 is 0. The summed E-state index contributed by atoms with van der Waals surface area (Å²) in [5.41, 5.74) is 1.23. The number of para-hydroxylation sites is 1. The van der Waals surface area contributed by atoms with Gasteiger partial charge in [-0.25, -0.2) is 4.68 Å². The molecule has 0 aliphatic carbocycles. The summed E-state index contributed by atoms with van der Waals surface area (Å²) < 4.78 is 12.7. The van der Waals surface area contributed by atoms with Crippen LogP contribution in [0.15, 0.2) is 40.3 Å². The van der Waals surface area contributed by atoms with Gasteiger partial charge < -0.3 is 19.6 Å². The molecule has 0 saturated heterocycles. The van der Waals surface area contributed by atoms with Crippen molar-refractivity contribution in [3.05, 3.63) is 51.8 Å². The average molecular weight is 487 g/mol. The molecule has 0 aliphatic rings. The van der Waals surface area contributed by atoms with Crippen molar-refractivity contribution < 1.29 is 19.1 Å². The Kier molecular flexibility index (Phi) is 10.3. The highest BCUT2D eigenvalue weighted by Crippen LogP contribution is 2.19. The molecule has 0 radical (unpaired) electrons. The van der Waals surface area contributed by atoms with Gasteiger partial charge in [-0.15, -0.1) is 5.10 Å². The molecule has 192 valence electrons. The highest BCUT2D eigenvalue weighted by molar-refractivity contribution is 5.98. The van der Waals surface area contributed by atoms with Crippen LogP contribution < -0.4 is 20.3 Å². The van der Waals surface area contributed by atoms with Crippen molar-refractivity contribution >= 4 is 11.6 Å². The second-order valence-electron chi connectivity index (χ2n) is 9.33. The molecule has 9 nitrogen and oxygen atoms in total. The maximum Gasteiger partial charge on any atom is 0.276 e. The minimum absolute atomic E-state index is 0.0760. The largest absolute Gasteiger partial charge is 0.496 e. The molecule has 0 fully saturated rings. The van der Waals surface area contributed by atoms with Crippen LogP contribution in [-0.2, 0) is 22.8 Å². The predicted octanol–water partition coefficient (Wildman–Crippen LogP) is 3.78. The maximum atomic E-state index is 13.3. The highest BCUT2D eigenvalue weighted by atomic mass is 16.6. The molecule has 1 heterocycles. The third kappa shape index (κ3) is 8.12. The minimum Gasteiger partial charge on any atom is -0.496 e. The summed E-state index contributed by atoms with van der Waals surface area (Å²) in [6, 6.07) is 8.79. The van der Waals surface area contributed by atoms with E-state index in [0.29, 0.717) is 17.0 Å². The van der Waals surface area contributed by atoms with Crippen molar-refractivity contribution in [2.24, 2.45) is 17.0 Å². The number of aromatic nitrogens is 2. The molecule has 0 bridgehead atoms. The van der Waals surface area contributed by atoms with E-state index in [1.165, 1.54) is 4.68 Å². The van der Waals surface area contributed by atoms with Gasteiger partial charge in [-0.1, -0.05) is 51.0 Å². The number of ether oxygens (including phenoxy) is 2. The van der Waals surface area contributed by atoms with Crippen molar-refractivity contribution in [1.82, 2.24) is 15.1 Å². The van der Waals surface area contributed by atoms with E-state index in [1.807, 2.05) is 65.8 Å². The first-order valence-corrected chi connectivity index (χ1v) is 11.9. The number of oxime groups is 1. The first kappa shape index (κ1) is 27.9. The Morgan fingerprint density at radius 3 is 2.43 bits per heavy atom. The zero-order chi connectivity index (χ0) is 26.1. The quantitative estimate of drug-likeness (QED) is 0.362. The zero-order valence-electron chi connectivity index (χ0n) is 22.0. The number of hydrogen-bond acceptors (Lipinski definition) is 7. The van der Waals surface area contributed by atoms with Crippen LogP contribution in [0, 0.1) is 11.8 Å². The number of nitrogens with one attached hydrogen (secondary N) is 1. The zero-order valence-corrected chi connectivity index (χ0v) is 22.0. The van der Waals surface area contributed by atoms with Crippen LogP contribution in [0.4, 0.5) is 0 Å². The van der Waals surface area contributed by atoms with Crippen molar-refractivity contribution in [3.63, 3.8) is 0 Å². The van der Waals surface area contributed by atoms with Gasteiger partial charge in [-0.05, 0) is 32.8 Å². The Bertz CT molecular complexity index is 1080. The molecule has 0 saturated carbocycles. The molecule has 9 heteroatoms. The average Bonchev–Trinajstić information content (AvgIpc) is 2.82. The van der Waals surface area contributed by atoms with E-state index >= 15 is 0 Å². The van der Waals surface area contributed by atoms with E-state index in [9.17, 15) is 9.59 Å². The third-order valence-electron chi connectivity index (χ3n) is 5.34. The lowest BCUT2D eigenvalue weighted by molar-refractivity contribution is -0.125. The molecule has 2 rings (SSSR count). The molecule has 0 aliphatic heterocycles. The lowest BCUT2D eigenvalue weighted by Gasteiger charge is -2.24. The van der Waals surface area contributed by atoms with Crippen LogP contribution in [0.3, 0.4) is 0 Å². The molecule has 35 heavy (non-hydrogen) atoms. The van der Waals surface area contributed by atoms with Crippen molar-refractivity contribution in [1.29, 1.82) is 0 Å². The van der Waals surface area contributed by atoms with E-state index in [2.05, 4.69) is 15.6 Å². The van der Waals surface area contributed by atoms with E-state index in [-0.39, 0.29) is 54.5 Å². The second-order valence-corrected chi connectivity index (χ2v) is 9.33. The van der Waals surface area contributed by atoms with Crippen molar-refractivity contribution in [3.8, 4) is 11.6 Å². The normalized spacial score (nSPS) is 12.7. The maximum absolute atomic E-state index is 13.3. The summed E-state index contributed by atoms with van der Waals surface area (Å²) in [6.07, 6.45) is -0.133. The van der Waals surface area contributed by atoms with Crippen LogP contribution in [-0.4, -0.2) is 40.7 Å². The standard InChI is InChI=1S/C26H38N4O5/c1-16(2)22(27-25(31)17(3)4)14-30-26(32)21(19(7)29-35-18(5)6)13-24(28-30)34-15-20-11-9-10-12-23(20)33-8/h9-13,16-18,22H,14-15H2,1-8H3,(H,27,31)/b29-19+. The number of rotatable bonds is 12. The Morgan fingerprint density at radius 2 is 1.83 bits per heavy atom. The predicted molar refractivity (Wildman–Crippen MR) is 136 cm³/mol. The van der Waals surface area contributed by atoms with Gasteiger partial charge in [0.2, 0.25) is 11.8 Å². The summed E-state index contributed by atoms with van der Waals surface area (Å²) in [6.45, 7) is 13.4. The molecule has 1 amide bonds. The summed E-state index contributed by atoms with van der Waals surface area (Å²) in [7, 11) is 1.60. The lowest BCUT2D eigenvalue weighted by atomic mass is 10.0. The number of carbonyl (C=O) groups excluding carboxylic acids is 1. The van der Waals surface area contributed by atoms with Crippen molar-refractivity contribution in [2.45, 2.75) is 73.8 Å². The molecular weight excluding hydrogens is 448 g/mol. The van der Waals surface area contributed by atoms with Gasteiger partial charge in [-0.3, -0.25) is 9.59 Å². The van der Waals surface area contributed by atoms with Gasteiger partial charge in [0.15, 0.2) is 0 Å². The first-order valence-electron chi connectivity index (χ1n) is 11.9. The van der Waals surface area contributed by atoms with Gasteiger partial charge in [0.1, 0.15) is 18.5 Å². The van der Waals surface area contributed by atoms with Gasteiger partial charge in [0.05, 0.1) is 31.0 Å². The molecule has 1 N–H and O–H groups in total. The molecular formula is C26H38N4O5. The summed E-state index contributed by atoms with van der Waals surface area (Å²) in [5.74, 6) is 0.771. The summed E-state index contributed by atoms with van der Waals surface area (Å²) in [4.78, 5) is 31.0.